The molecule has 0 amide bonds. The number of hydrogen-bond donors (Lipinski definition) is 2. The first-order valence-corrected chi connectivity index (χ1v) is 9.26. The number of nitrogens with one attached hydrogen (secondary N) is 1. The number of aromatic nitrogens is 2. The van der Waals surface area contributed by atoms with Crippen molar-refractivity contribution in [2.24, 2.45) is 0 Å². The van der Waals surface area contributed by atoms with Crippen molar-refractivity contribution >= 4 is 0 Å². The average molecular weight is 387 g/mol. The van der Waals surface area contributed by atoms with Gasteiger partial charge in [-0.25, -0.2) is 4.98 Å². The first kappa shape index (κ1) is 18.7. The zero-order valence-corrected chi connectivity index (χ0v) is 16.0. The van der Waals surface area contributed by atoms with Crippen LogP contribution in [0.1, 0.15) is 11.1 Å². The highest BCUT2D eigenvalue weighted by Gasteiger charge is 2.09. The van der Waals surface area contributed by atoms with E-state index in [1.165, 1.54) is 6.07 Å². The van der Waals surface area contributed by atoms with Crippen molar-refractivity contribution in [3.63, 3.8) is 0 Å². The minimum atomic E-state index is -0.222. The monoisotopic (exact) mass is 387 g/mol. The lowest BCUT2D eigenvalue weighted by Gasteiger charge is -2.16. The number of aromatic amines is 1. The van der Waals surface area contributed by atoms with E-state index in [-0.39, 0.29) is 11.3 Å². The summed E-state index contributed by atoms with van der Waals surface area (Å²) in [4.78, 5) is 21.8. The molecule has 0 bridgehead atoms. The van der Waals surface area contributed by atoms with Crippen molar-refractivity contribution in [3.05, 3.63) is 94.7 Å². The summed E-state index contributed by atoms with van der Waals surface area (Å²) in [5.41, 5.74) is 4.19. The highest BCUT2D eigenvalue weighted by molar-refractivity contribution is 5.64. The van der Waals surface area contributed by atoms with Crippen LogP contribution in [0.5, 0.6) is 5.75 Å². The van der Waals surface area contributed by atoms with Gasteiger partial charge in [-0.05, 0) is 49.0 Å². The van der Waals surface area contributed by atoms with Crippen LogP contribution in [0.4, 0.5) is 0 Å². The van der Waals surface area contributed by atoms with E-state index in [9.17, 15) is 9.90 Å². The van der Waals surface area contributed by atoms with Crippen LogP contribution in [-0.4, -0.2) is 27.0 Å². The molecular weight excluding hydrogens is 366 g/mol. The molecule has 0 aliphatic rings. The molecule has 6 heteroatoms. The molecule has 2 N–H and O–H groups in total. The topological polar surface area (TPSA) is 82.4 Å². The van der Waals surface area contributed by atoms with E-state index >= 15 is 0 Å². The predicted molar refractivity (Wildman–Crippen MR) is 111 cm³/mol. The molecule has 0 atom stereocenters. The summed E-state index contributed by atoms with van der Waals surface area (Å²) >= 11 is 0. The zero-order chi connectivity index (χ0) is 20.2. The first-order chi connectivity index (χ1) is 14.1. The standard InChI is InChI=1S/C23H21N3O3/c1-26(14-17-9-10-29-15-17)13-16-3-2-4-19(11-16)23-24-21(12-22(28)25-23)18-5-7-20(27)8-6-18/h2-12,15,27H,13-14H2,1H3,(H,24,25,28). The number of H-pyrrole nitrogens is 1. The summed E-state index contributed by atoms with van der Waals surface area (Å²) in [6.45, 7) is 1.53. The number of nitrogens with zero attached hydrogens (tertiary/aromatic N) is 2. The molecule has 2 aromatic carbocycles. The Balaban J connectivity index is 1.59. The zero-order valence-electron chi connectivity index (χ0n) is 16.0. The summed E-state index contributed by atoms with van der Waals surface area (Å²) in [6, 6.07) is 18.0. The lowest BCUT2D eigenvalue weighted by molar-refractivity contribution is 0.318. The molecule has 0 saturated carbocycles. The Morgan fingerprint density at radius 2 is 1.79 bits per heavy atom. The van der Waals surface area contributed by atoms with Gasteiger partial charge in [0, 0.05) is 35.8 Å². The number of hydrogen-bond acceptors (Lipinski definition) is 5. The summed E-state index contributed by atoms with van der Waals surface area (Å²) in [7, 11) is 2.05. The number of rotatable bonds is 6. The molecular formula is C23H21N3O3. The van der Waals surface area contributed by atoms with E-state index in [0.717, 1.165) is 35.3 Å². The van der Waals surface area contributed by atoms with Crippen LogP contribution in [-0.2, 0) is 13.1 Å². The molecule has 2 aromatic heterocycles. The highest BCUT2D eigenvalue weighted by atomic mass is 16.3. The fraction of sp³-hybridized carbons (Fsp3) is 0.130. The number of phenols is 1. The maximum atomic E-state index is 12.2. The van der Waals surface area contributed by atoms with E-state index < -0.39 is 0 Å². The highest BCUT2D eigenvalue weighted by Crippen LogP contribution is 2.22. The van der Waals surface area contributed by atoms with Crippen molar-refractivity contribution in [2.45, 2.75) is 13.1 Å². The first-order valence-electron chi connectivity index (χ1n) is 9.26. The van der Waals surface area contributed by atoms with E-state index in [4.69, 9.17) is 4.42 Å². The molecule has 0 unspecified atom stereocenters. The Morgan fingerprint density at radius 1 is 1.00 bits per heavy atom. The Labute approximate surface area is 168 Å². The summed E-state index contributed by atoms with van der Waals surface area (Å²) in [5, 5.41) is 9.48. The van der Waals surface area contributed by atoms with Crippen molar-refractivity contribution in [2.75, 3.05) is 7.05 Å². The molecule has 146 valence electrons. The Morgan fingerprint density at radius 3 is 2.55 bits per heavy atom. The van der Waals surface area contributed by atoms with Gasteiger partial charge in [0.05, 0.1) is 18.2 Å². The number of aromatic hydroxyl groups is 1. The Kier molecular flexibility index (Phi) is 5.27. The van der Waals surface area contributed by atoms with E-state index in [1.807, 2.05) is 31.3 Å². The van der Waals surface area contributed by atoms with Crippen LogP contribution in [0.25, 0.3) is 22.6 Å². The molecule has 6 nitrogen and oxygen atoms in total. The number of benzene rings is 2. The van der Waals surface area contributed by atoms with E-state index in [1.54, 1.807) is 36.8 Å². The fourth-order valence-corrected chi connectivity index (χ4v) is 3.25. The van der Waals surface area contributed by atoms with Gasteiger partial charge in [0.25, 0.3) is 5.56 Å². The van der Waals surface area contributed by atoms with Crippen molar-refractivity contribution in [1.29, 1.82) is 0 Å². The van der Waals surface area contributed by atoms with Crippen molar-refractivity contribution < 1.29 is 9.52 Å². The average Bonchev–Trinajstić information content (AvgIpc) is 3.21. The molecule has 0 saturated heterocycles. The van der Waals surface area contributed by atoms with Gasteiger partial charge in [0.2, 0.25) is 0 Å². The van der Waals surface area contributed by atoms with Crippen LogP contribution in [0.3, 0.4) is 0 Å². The maximum absolute atomic E-state index is 12.2. The van der Waals surface area contributed by atoms with Gasteiger partial charge >= 0.3 is 0 Å². The molecule has 0 fully saturated rings. The van der Waals surface area contributed by atoms with Gasteiger partial charge in [-0.3, -0.25) is 9.69 Å². The molecule has 0 aliphatic carbocycles. The molecule has 4 rings (SSSR count). The lowest BCUT2D eigenvalue weighted by Crippen LogP contribution is -2.16. The Hall–Kier alpha value is -3.64. The third kappa shape index (κ3) is 4.62. The van der Waals surface area contributed by atoms with Crippen molar-refractivity contribution in [3.8, 4) is 28.4 Å². The normalized spacial score (nSPS) is 11.1. The van der Waals surface area contributed by atoms with Crippen LogP contribution < -0.4 is 5.56 Å². The van der Waals surface area contributed by atoms with Crippen LogP contribution in [0.15, 0.2) is 82.4 Å². The van der Waals surface area contributed by atoms with Gasteiger partial charge in [-0.15, -0.1) is 0 Å². The third-order valence-corrected chi connectivity index (χ3v) is 4.59. The van der Waals surface area contributed by atoms with E-state index in [2.05, 4.69) is 20.9 Å². The molecule has 0 spiro atoms. The largest absolute Gasteiger partial charge is 0.508 e. The molecule has 2 heterocycles. The summed E-state index contributed by atoms with van der Waals surface area (Å²) < 4.78 is 5.13. The van der Waals surface area contributed by atoms with Crippen LogP contribution in [0.2, 0.25) is 0 Å². The quantitative estimate of drug-likeness (QED) is 0.522. The second-order valence-corrected chi connectivity index (χ2v) is 7.03. The molecule has 0 aliphatic heterocycles. The van der Waals surface area contributed by atoms with E-state index in [0.29, 0.717) is 11.5 Å². The minimum absolute atomic E-state index is 0.172. The van der Waals surface area contributed by atoms with Gasteiger partial charge in [0.1, 0.15) is 11.6 Å². The van der Waals surface area contributed by atoms with Crippen LogP contribution >= 0.6 is 0 Å². The smallest absolute Gasteiger partial charge is 0.251 e. The fourth-order valence-electron chi connectivity index (χ4n) is 3.25. The summed E-state index contributed by atoms with van der Waals surface area (Å²) in [5.74, 6) is 0.686. The van der Waals surface area contributed by atoms with Gasteiger partial charge in [-0.2, -0.15) is 0 Å². The number of furan rings is 1. The van der Waals surface area contributed by atoms with Gasteiger partial charge in [0.15, 0.2) is 0 Å². The minimum Gasteiger partial charge on any atom is -0.508 e. The molecule has 4 aromatic rings. The van der Waals surface area contributed by atoms with Crippen LogP contribution in [0, 0.1) is 0 Å². The second-order valence-electron chi connectivity index (χ2n) is 7.03. The van der Waals surface area contributed by atoms with Gasteiger partial charge < -0.3 is 14.5 Å². The van der Waals surface area contributed by atoms with Crippen molar-refractivity contribution in [1.82, 2.24) is 14.9 Å². The lowest BCUT2D eigenvalue weighted by atomic mass is 10.1. The molecule has 0 radical (unpaired) electrons. The summed E-state index contributed by atoms with van der Waals surface area (Å²) in [6.07, 6.45) is 3.42. The third-order valence-electron chi connectivity index (χ3n) is 4.59. The predicted octanol–water partition coefficient (Wildman–Crippen LogP) is 4.03. The molecule has 29 heavy (non-hydrogen) atoms. The SMILES string of the molecule is CN(Cc1ccoc1)Cc1cccc(-c2nc(-c3ccc(O)cc3)cc(=O)[nH]2)c1. The maximum Gasteiger partial charge on any atom is 0.251 e. The number of phenolic OH excluding ortho intramolecular Hbond substituents is 1. The van der Waals surface area contributed by atoms with Gasteiger partial charge in [-0.1, -0.05) is 18.2 Å². The second kappa shape index (κ2) is 8.16. The Bertz CT molecular complexity index is 1150.